The smallest absolute Gasteiger partial charge is 0.329 e. The number of carbonyl (C=O) groups excluding carboxylic acids is 2. The highest BCUT2D eigenvalue weighted by molar-refractivity contribution is 9.10. The van der Waals surface area contributed by atoms with Crippen LogP contribution in [0.2, 0.25) is 0 Å². The molecule has 1 fully saturated rings. The zero-order valence-electron chi connectivity index (χ0n) is 15.6. The topological polar surface area (TPSA) is 67.9 Å². The Labute approximate surface area is 185 Å². The molecule has 3 amide bonds. The molecule has 0 spiro atoms. The molecule has 0 bridgehead atoms. The maximum absolute atomic E-state index is 12.4. The van der Waals surface area contributed by atoms with Gasteiger partial charge in [-0.25, -0.2) is 4.79 Å². The van der Waals surface area contributed by atoms with Crippen molar-refractivity contribution in [3.8, 4) is 11.5 Å². The molecule has 0 radical (unpaired) electrons. The van der Waals surface area contributed by atoms with E-state index in [1.165, 1.54) is 6.08 Å². The minimum Gasteiger partial charge on any atom is -0.493 e. The van der Waals surface area contributed by atoms with Crippen molar-refractivity contribution in [3.63, 3.8) is 0 Å². The SMILES string of the molecule is C=CCN1C(=O)N/C(=C/c2cc(Br)c(OCc3ccc(Br)cc3)c(OC)c2)C1=O. The Morgan fingerprint density at radius 3 is 2.55 bits per heavy atom. The van der Waals surface area contributed by atoms with E-state index in [9.17, 15) is 9.59 Å². The van der Waals surface area contributed by atoms with Gasteiger partial charge in [-0.15, -0.1) is 6.58 Å². The number of ether oxygens (including phenoxy) is 2. The van der Waals surface area contributed by atoms with Gasteiger partial charge in [0.15, 0.2) is 11.5 Å². The summed E-state index contributed by atoms with van der Waals surface area (Å²) in [5.41, 5.74) is 1.87. The van der Waals surface area contributed by atoms with Gasteiger partial charge >= 0.3 is 6.03 Å². The molecule has 3 rings (SSSR count). The Morgan fingerprint density at radius 2 is 1.90 bits per heavy atom. The Bertz CT molecular complexity index is 987. The number of carbonyl (C=O) groups is 2. The van der Waals surface area contributed by atoms with Gasteiger partial charge in [0.05, 0.1) is 11.6 Å². The lowest BCUT2D eigenvalue weighted by Crippen LogP contribution is -2.30. The van der Waals surface area contributed by atoms with Crippen molar-refractivity contribution in [2.75, 3.05) is 13.7 Å². The third-order valence-corrected chi connectivity index (χ3v) is 5.25. The minimum absolute atomic E-state index is 0.151. The molecular formula is C21H18Br2N2O4. The average Bonchev–Trinajstić information content (AvgIpc) is 2.96. The van der Waals surface area contributed by atoms with Crippen molar-refractivity contribution in [2.24, 2.45) is 0 Å². The highest BCUT2D eigenvalue weighted by Crippen LogP contribution is 2.38. The second kappa shape index (κ2) is 9.28. The lowest BCUT2D eigenvalue weighted by Gasteiger charge is -2.14. The number of hydrogen-bond donors (Lipinski definition) is 1. The molecule has 2 aromatic rings. The Hall–Kier alpha value is -2.58. The molecule has 0 unspecified atom stereocenters. The molecule has 1 heterocycles. The summed E-state index contributed by atoms with van der Waals surface area (Å²) in [4.78, 5) is 25.3. The molecule has 0 aromatic heterocycles. The molecular weight excluding hydrogens is 504 g/mol. The van der Waals surface area contributed by atoms with Crippen LogP contribution in [0.25, 0.3) is 6.08 Å². The lowest BCUT2D eigenvalue weighted by molar-refractivity contribution is -0.122. The van der Waals surface area contributed by atoms with E-state index in [2.05, 4.69) is 43.8 Å². The van der Waals surface area contributed by atoms with Gasteiger partial charge in [-0.05, 0) is 57.4 Å². The molecule has 29 heavy (non-hydrogen) atoms. The van der Waals surface area contributed by atoms with Crippen LogP contribution in [0, 0.1) is 0 Å². The third kappa shape index (κ3) is 4.89. The number of halogens is 2. The Balaban J connectivity index is 1.83. The molecule has 1 aliphatic rings. The first kappa shape index (κ1) is 21.1. The maximum Gasteiger partial charge on any atom is 0.329 e. The van der Waals surface area contributed by atoms with Gasteiger partial charge in [0.2, 0.25) is 0 Å². The first-order valence-electron chi connectivity index (χ1n) is 8.63. The summed E-state index contributed by atoms with van der Waals surface area (Å²) in [6.45, 7) is 4.08. The summed E-state index contributed by atoms with van der Waals surface area (Å²) in [6.07, 6.45) is 3.09. The molecule has 2 aromatic carbocycles. The van der Waals surface area contributed by atoms with Crippen LogP contribution < -0.4 is 14.8 Å². The number of rotatable bonds is 7. The highest BCUT2D eigenvalue weighted by Gasteiger charge is 2.32. The molecule has 0 aliphatic carbocycles. The molecule has 150 valence electrons. The second-order valence-electron chi connectivity index (χ2n) is 6.14. The van der Waals surface area contributed by atoms with Crippen LogP contribution in [-0.4, -0.2) is 30.5 Å². The van der Waals surface area contributed by atoms with Gasteiger partial charge in [0.25, 0.3) is 5.91 Å². The molecule has 6 nitrogen and oxygen atoms in total. The molecule has 0 saturated carbocycles. The summed E-state index contributed by atoms with van der Waals surface area (Å²) in [7, 11) is 1.54. The predicted octanol–water partition coefficient (Wildman–Crippen LogP) is 4.88. The van der Waals surface area contributed by atoms with Crippen LogP contribution in [0.5, 0.6) is 11.5 Å². The van der Waals surface area contributed by atoms with E-state index in [0.29, 0.717) is 28.1 Å². The highest BCUT2D eigenvalue weighted by atomic mass is 79.9. The van der Waals surface area contributed by atoms with Crippen molar-refractivity contribution >= 4 is 49.9 Å². The number of amides is 3. The number of urea groups is 1. The first-order valence-corrected chi connectivity index (χ1v) is 10.2. The van der Waals surface area contributed by atoms with Crippen molar-refractivity contribution < 1.29 is 19.1 Å². The summed E-state index contributed by atoms with van der Waals surface area (Å²) in [6, 6.07) is 10.9. The summed E-state index contributed by atoms with van der Waals surface area (Å²) < 4.78 is 13.1. The fourth-order valence-corrected chi connectivity index (χ4v) is 3.57. The molecule has 1 aliphatic heterocycles. The molecule has 1 saturated heterocycles. The van der Waals surface area contributed by atoms with Crippen LogP contribution in [0.3, 0.4) is 0 Å². The molecule has 8 heteroatoms. The summed E-state index contributed by atoms with van der Waals surface area (Å²) in [5.74, 6) is 0.649. The van der Waals surface area contributed by atoms with Crippen LogP contribution in [0.4, 0.5) is 4.79 Å². The van der Waals surface area contributed by atoms with Gasteiger partial charge in [0.1, 0.15) is 12.3 Å². The van der Waals surface area contributed by atoms with E-state index >= 15 is 0 Å². The van der Waals surface area contributed by atoms with E-state index < -0.39 is 11.9 Å². The molecule has 0 atom stereocenters. The fourth-order valence-electron chi connectivity index (χ4n) is 2.73. The maximum atomic E-state index is 12.4. The monoisotopic (exact) mass is 520 g/mol. The van der Waals surface area contributed by atoms with E-state index in [1.807, 2.05) is 24.3 Å². The standard InChI is InChI=1S/C21H18Br2N2O4/c1-3-8-25-20(26)17(24-21(25)27)10-14-9-16(23)19(18(11-14)28-2)29-12-13-4-6-15(22)7-5-13/h3-7,9-11H,1,8,12H2,2H3,(H,24,27)/b17-10+. The predicted molar refractivity (Wildman–Crippen MR) is 118 cm³/mol. The zero-order chi connectivity index (χ0) is 21.0. The summed E-state index contributed by atoms with van der Waals surface area (Å²) >= 11 is 6.91. The Morgan fingerprint density at radius 1 is 1.17 bits per heavy atom. The fraction of sp³-hybridized carbons (Fsp3) is 0.143. The van der Waals surface area contributed by atoms with E-state index in [1.54, 1.807) is 25.3 Å². The van der Waals surface area contributed by atoms with Crippen molar-refractivity contribution in [1.29, 1.82) is 0 Å². The van der Waals surface area contributed by atoms with Crippen molar-refractivity contribution in [2.45, 2.75) is 6.61 Å². The second-order valence-corrected chi connectivity index (χ2v) is 7.91. The van der Waals surface area contributed by atoms with Crippen LogP contribution >= 0.6 is 31.9 Å². The van der Waals surface area contributed by atoms with Gasteiger partial charge < -0.3 is 14.8 Å². The number of nitrogens with one attached hydrogen (secondary N) is 1. The summed E-state index contributed by atoms with van der Waals surface area (Å²) in [5, 5.41) is 2.57. The van der Waals surface area contributed by atoms with E-state index in [-0.39, 0.29) is 12.2 Å². The largest absolute Gasteiger partial charge is 0.493 e. The quantitative estimate of drug-likeness (QED) is 0.320. The number of benzene rings is 2. The van der Waals surface area contributed by atoms with Crippen LogP contribution in [0.15, 0.2) is 63.7 Å². The number of nitrogens with zero attached hydrogens (tertiary/aromatic N) is 1. The van der Waals surface area contributed by atoms with Gasteiger partial charge in [-0.2, -0.15) is 0 Å². The van der Waals surface area contributed by atoms with Gasteiger partial charge in [-0.3, -0.25) is 9.69 Å². The van der Waals surface area contributed by atoms with E-state index in [4.69, 9.17) is 9.47 Å². The van der Waals surface area contributed by atoms with Crippen molar-refractivity contribution in [1.82, 2.24) is 10.2 Å². The number of imide groups is 1. The molecule has 1 N–H and O–H groups in total. The van der Waals surface area contributed by atoms with Gasteiger partial charge in [-0.1, -0.05) is 34.1 Å². The van der Waals surface area contributed by atoms with Crippen molar-refractivity contribution in [3.05, 3.63) is 74.8 Å². The Kier molecular flexibility index (Phi) is 6.76. The lowest BCUT2D eigenvalue weighted by atomic mass is 10.1. The van der Waals surface area contributed by atoms with Gasteiger partial charge in [0, 0.05) is 11.0 Å². The first-order chi connectivity index (χ1) is 13.9. The normalized spacial score (nSPS) is 14.9. The zero-order valence-corrected chi connectivity index (χ0v) is 18.7. The van der Waals surface area contributed by atoms with Crippen LogP contribution in [0.1, 0.15) is 11.1 Å². The third-order valence-electron chi connectivity index (χ3n) is 4.13. The minimum atomic E-state index is -0.471. The number of hydrogen-bond acceptors (Lipinski definition) is 4. The van der Waals surface area contributed by atoms with E-state index in [0.717, 1.165) is 14.9 Å². The number of methoxy groups -OCH3 is 1. The average molecular weight is 522 g/mol. The van der Waals surface area contributed by atoms with Crippen LogP contribution in [-0.2, 0) is 11.4 Å².